The molecule has 0 bridgehead atoms. The number of hydrogen-bond acceptors (Lipinski definition) is 1. The third kappa shape index (κ3) is 3.85. The second-order valence-corrected chi connectivity index (χ2v) is 11.8. The van der Waals surface area contributed by atoms with Crippen LogP contribution in [-0.4, -0.2) is 0 Å². The summed E-state index contributed by atoms with van der Waals surface area (Å²) in [6.45, 7) is 4.74. The monoisotopic (exact) mass is 537 g/mol. The molecule has 7 aromatic carbocycles. The molecule has 0 spiro atoms. The van der Waals surface area contributed by atoms with Crippen molar-refractivity contribution >= 4 is 38.6 Å². The molecule has 1 aliphatic carbocycles. The molecule has 0 fully saturated rings. The Kier molecular flexibility index (Phi) is 5.55. The largest absolute Gasteiger partial charge is 0.310 e. The third-order valence-corrected chi connectivity index (χ3v) is 9.02. The van der Waals surface area contributed by atoms with Crippen molar-refractivity contribution in [1.82, 2.24) is 0 Å². The van der Waals surface area contributed by atoms with Crippen LogP contribution in [0, 0.1) is 0 Å². The van der Waals surface area contributed by atoms with Crippen LogP contribution in [0.15, 0.2) is 152 Å². The van der Waals surface area contributed by atoms with Crippen LogP contribution in [0.5, 0.6) is 0 Å². The lowest BCUT2D eigenvalue weighted by Crippen LogP contribution is -2.16. The number of rotatable bonds is 4. The number of benzene rings is 7. The molecular formula is C41H31N. The Balaban J connectivity index is 1.31. The number of anilines is 3. The third-order valence-electron chi connectivity index (χ3n) is 9.02. The van der Waals surface area contributed by atoms with E-state index in [4.69, 9.17) is 0 Å². The summed E-state index contributed by atoms with van der Waals surface area (Å²) in [7, 11) is 0. The number of fused-ring (bicyclic) bond motifs is 5. The van der Waals surface area contributed by atoms with Gasteiger partial charge in [-0.15, -0.1) is 0 Å². The van der Waals surface area contributed by atoms with Crippen molar-refractivity contribution in [2.45, 2.75) is 19.3 Å². The van der Waals surface area contributed by atoms with E-state index in [9.17, 15) is 0 Å². The smallest absolute Gasteiger partial charge is 0.0540 e. The zero-order chi connectivity index (χ0) is 28.3. The molecule has 0 saturated heterocycles. The van der Waals surface area contributed by atoms with E-state index in [1.54, 1.807) is 0 Å². The minimum Gasteiger partial charge on any atom is -0.310 e. The fourth-order valence-electron chi connectivity index (χ4n) is 6.81. The van der Waals surface area contributed by atoms with Gasteiger partial charge in [0.25, 0.3) is 0 Å². The predicted octanol–water partition coefficient (Wildman–Crippen LogP) is 11.4. The summed E-state index contributed by atoms with van der Waals surface area (Å²) >= 11 is 0. The molecule has 7 aromatic rings. The molecule has 0 aromatic heterocycles. The van der Waals surface area contributed by atoms with E-state index in [0.29, 0.717) is 0 Å². The first kappa shape index (κ1) is 24.6. The second-order valence-electron chi connectivity index (χ2n) is 11.8. The predicted molar refractivity (Wildman–Crippen MR) is 179 cm³/mol. The Labute approximate surface area is 247 Å². The van der Waals surface area contributed by atoms with Crippen molar-refractivity contribution in [3.63, 3.8) is 0 Å². The minimum absolute atomic E-state index is 0.105. The summed E-state index contributed by atoms with van der Waals surface area (Å²) < 4.78 is 0. The molecule has 1 nitrogen and oxygen atoms in total. The normalized spacial score (nSPS) is 13.2. The molecular weight excluding hydrogens is 506 g/mol. The molecule has 1 aliphatic rings. The SMILES string of the molecule is CC1(C)c2cc(N(c3ccc(-c4ccccc4)cc3)c3cccc4ccccc34)ccc2-c2cc3ccccc3cc21. The highest BCUT2D eigenvalue weighted by Gasteiger charge is 2.36. The molecule has 200 valence electrons. The molecule has 0 atom stereocenters. The van der Waals surface area contributed by atoms with E-state index in [1.165, 1.54) is 66.3 Å². The van der Waals surface area contributed by atoms with Crippen LogP contribution >= 0.6 is 0 Å². The van der Waals surface area contributed by atoms with Crippen LogP contribution in [-0.2, 0) is 5.41 Å². The summed E-state index contributed by atoms with van der Waals surface area (Å²) in [5.41, 5.74) is 11.3. The molecule has 8 rings (SSSR count). The van der Waals surface area contributed by atoms with Crippen LogP contribution in [0.4, 0.5) is 17.1 Å². The van der Waals surface area contributed by atoms with Gasteiger partial charge < -0.3 is 4.90 Å². The van der Waals surface area contributed by atoms with E-state index >= 15 is 0 Å². The number of hydrogen-bond donors (Lipinski definition) is 0. The Morgan fingerprint density at radius 3 is 1.81 bits per heavy atom. The highest BCUT2D eigenvalue weighted by molar-refractivity contribution is 6.00. The highest BCUT2D eigenvalue weighted by Crippen LogP contribution is 2.52. The van der Waals surface area contributed by atoms with Crippen LogP contribution in [0.3, 0.4) is 0 Å². The topological polar surface area (TPSA) is 3.24 Å². The Hall–Kier alpha value is -5.14. The van der Waals surface area contributed by atoms with Gasteiger partial charge in [-0.3, -0.25) is 0 Å². The summed E-state index contributed by atoms with van der Waals surface area (Å²) in [5, 5.41) is 5.07. The van der Waals surface area contributed by atoms with E-state index in [2.05, 4.69) is 170 Å². The van der Waals surface area contributed by atoms with Crippen molar-refractivity contribution in [3.8, 4) is 22.3 Å². The second kappa shape index (κ2) is 9.46. The van der Waals surface area contributed by atoms with Gasteiger partial charge in [0.2, 0.25) is 0 Å². The fraction of sp³-hybridized carbons (Fsp3) is 0.0732. The zero-order valence-corrected chi connectivity index (χ0v) is 23.9. The van der Waals surface area contributed by atoms with Gasteiger partial charge in [-0.1, -0.05) is 123 Å². The molecule has 0 unspecified atom stereocenters. The van der Waals surface area contributed by atoms with Crippen molar-refractivity contribution < 1.29 is 0 Å². The van der Waals surface area contributed by atoms with Gasteiger partial charge in [0.1, 0.15) is 0 Å². The van der Waals surface area contributed by atoms with Crippen molar-refractivity contribution in [3.05, 3.63) is 163 Å². The first-order valence-corrected chi connectivity index (χ1v) is 14.7. The first-order valence-electron chi connectivity index (χ1n) is 14.7. The quantitative estimate of drug-likeness (QED) is 0.216. The maximum atomic E-state index is 2.42. The molecule has 0 aliphatic heterocycles. The number of nitrogens with zero attached hydrogens (tertiary/aromatic N) is 1. The average Bonchev–Trinajstić information content (AvgIpc) is 3.26. The molecule has 0 N–H and O–H groups in total. The standard InChI is InChI=1S/C41H31N/c1-41(2)38-26-32-15-7-6-14-31(32)25-37(38)36-24-23-34(27-39(36)41)42(40-18-10-16-30-13-8-9-17-35(30)40)33-21-19-29(20-22-33)28-11-4-3-5-12-28/h3-27H,1-2H3. The van der Waals surface area contributed by atoms with Crippen molar-refractivity contribution in [1.29, 1.82) is 0 Å². The van der Waals surface area contributed by atoms with Crippen LogP contribution in [0.1, 0.15) is 25.0 Å². The molecule has 42 heavy (non-hydrogen) atoms. The van der Waals surface area contributed by atoms with E-state index in [0.717, 1.165) is 5.69 Å². The van der Waals surface area contributed by atoms with Gasteiger partial charge >= 0.3 is 0 Å². The Morgan fingerprint density at radius 1 is 0.429 bits per heavy atom. The highest BCUT2D eigenvalue weighted by atomic mass is 15.1. The average molecular weight is 538 g/mol. The minimum atomic E-state index is -0.105. The lowest BCUT2D eigenvalue weighted by molar-refractivity contribution is 0.661. The van der Waals surface area contributed by atoms with E-state index in [-0.39, 0.29) is 5.41 Å². The zero-order valence-electron chi connectivity index (χ0n) is 23.9. The lowest BCUT2D eigenvalue weighted by Gasteiger charge is -2.29. The lowest BCUT2D eigenvalue weighted by atomic mass is 9.81. The Morgan fingerprint density at radius 2 is 1.02 bits per heavy atom. The van der Waals surface area contributed by atoms with Gasteiger partial charge in [0.15, 0.2) is 0 Å². The van der Waals surface area contributed by atoms with Gasteiger partial charge in [-0.05, 0) is 92.0 Å². The summed E-state index contributed by atoms with van der Waals surface area (Å²) in [5.74, 6) is 0. The van der Waals surface area contributed by atoms with E-state index < -0.39 is 0 Å². The molecule has 1 heteroatoms. The maximum Gasteiger partial charge on any atom is 0.0540 e. The molecule has 0 amide bonds. The summed E-state index contributed by atoms with van der Waals surface area (Å²) in [4.78, 5) is 2.42. The molecule has 0 radical (unpaired) electrons. The maximum absolute atomic E-state index is 2.42. The van der Waals surface area contributed by atoms with Crippen LogP contribution < -0.4 is 4.90 Å². The van der Waals surface area contributed by atoms with Gasteiger partial charge in [0, 0.05) is 22.2 Å². The van der Waals surface area contributed by atoms with Crippen LogP contribution in [0.2, 0.25) is 0 Å². The van der Waals surface area contributed by atoms with Crippen LogP contribution in [0.25, 0.3) is 43.8 Å². The summed E-state index contributed by atoms with van der Waals surface area (Å²) in [6, 6.07) is 55.4. The summed E-state index contributed by atoms with van der Waals surface area (Å²) in [6.07, 6.45) is 0. The van der Waals surface area contributed by atoms with E-state index in [1.807, 2.05) is 0 Å². The Bertz CT molecular complexity index is 2100. The molecule has 0 heterocycles. The molecule has 0 saturated carbocycles. The van der Waals surface area contributed by atoms with Gasteiger partial charge in [-0.25, -0.2) is 0 Å². The fourth-order valence-corrected chi connectivity index (χ4v) is 6.81. The van der Waals surface area contributed by atoms with Crippen molar-refractivity contribution in [2.75, 3.05) is 4.90 Å². The van der Waals surface area contributed by atoms with Gasteiger partial charge in [0.05, 0.1) is 5.69 Å². The van der Waals surface area contributed by atoms with Gasteiger partial charge in [-0.2, -0.15) is 0 Å². The first-order chi connectivity index (χ1) is 20.6. The van der Waals surface area contributed by atoms with Crippen molar-refractivity contribution in [2.24, 2.45) is 0 Å².